The average Bonchev–Trinajstić information content (AvgIpc) is 3.18. The standard InChI is InChI=1S/C14H21N3O2/c1-10-7-13(16-19-10)14(18)17(12-4-5-12)9-11-3-2-6-15-8-11/h7,11-12,15H,2-6,8-9H2,1H3. The number of carbonyl (C=O) groups excluding carboxylic acids is 1. The second kappa shape index (κ2) is 5.33. The third-order valence-electron chi connectivity index (χ3n) is 3.95. The van der Waals surface area contributed by atoms with Gasteiger partial charge >= 0.3 is 0 Å². The molecule has 1 N–H and O–H groups in total. The number of aromatic nitrogens is 1. The molecule has 19 heavy (non-hydrogen) atoms. The molecule has 104 valence electrons. The lowest BCUT2D eigenvalue weighted by atomic mass is 9.99. The van der Waals surface area contributed by atoms with Gasteiger partial charge in [0, 0.05) is 18.7 Å². The van der Waals surface area contributed by atoms with E-state index in [4.69, 9.17) is 4.52 Å². The zero-order valence-corrected chi connectivity index (χ0v) is 11.4. The molecule has 1 aliphatic heterocycles. The molecular formula is C14H21N3O2. The van der Waals surface area contributed by atoms with Crippen molar-refractivity contribution in [2.45, 2.75) is 38.6 Å². The maximum Gasteiger partial charge on any atom is 0.276 e. The predicted molar refractivity (Wildman–Crippen MR) is 70.9 cm³/mol. The summed E-state index contributed by atoms with van der Waals surface area (Å²) < 4.78 is 5.02. The number of nitrogens with one attached hydrogen (secondary N) is 1. The molecule has 0 aromatic carbocycles. The molecule has 1 amide bonds. The van der Waals surface area contributed by atoms with E-state index >= 15 is 0 Å². The van der Waals surface area contributed by atoms with Crippen LogP contribution in [0.1, 0.15) is 41.9 Å². The summed E-state index contributed by atoms with van der Waals surface area (Å²) in [4.78, 5) is 14.5. The zero-order chi connectivity index (χ0) is 13.2. The van der Waals surface area contributed by atoms with Gasteiger partial charge in [0.05, 0.1) is 0 Å². The van der Waals surface area contributed by atoms with E-state index in [0.29, 0.717) is 23.4 Å². The first-order chi connectivity index (χ1) is 9.24. The van der Waals surface area contributed by atoms with Crippen molar-refractivity contribution in [2.75, 3.05) is 19.6 Å². The molecule has 5 nitrogen and oxygen atoms in total. The van der Waals surface area contributed by atoms with Crippen LogP contribution in [0, 0.1) is 12.8 Å². The Bertz CT molecular complexity index is 447. The highest BCUT2D eigenvalue weighted by Crippen LogP contribution is 2.29. The summed E-state index contributed by atoms with van der Waals surface area (Å²) in [5.74, 6) is 1.30. The first-order valence-electron chi connectivity index (χ1n) is 7.19. The number of aryl methyl sites for hydroxylation is 1. The number of amides is 1. The van der Waals surface area contributed by atoms with Gasteiger partial charge in [-0.15, -0.1) is 0 Å². The van der Waals surface area contributed by atoms with Gasteiger partial charge in [-0.25, -0.2) is 0 Å². The number of hydrogen-bond acceptors (Lipinski definition) is 4. The van der Waals surface area contributed by atoms with Crippen molar-refractivity contribution in [3.63, 3.8) is 0 Å². The van der Waals surface area contributed by atoms with Gasteiger partial charge in [0.25, 0.3) is 5.91 Å². The van der Waals surface area contributed by atoms with Crippen LogP contribution < -0.4 is 5.32 Å². The molecule has 1 saturated heterocycles. The third-order valence-corrected chi connectivity index (χ3v) is 3.95. The van der Waals surface area contributed by atoms with Crippen molar-refractivity contribution in [3.8, 4) is 0 Å². The molecular weight excluding hydrogens is 242 g/mol. The molecule has 2 aliphatic rings. The molecule has 2 heterocycles. The molecule has 0 radical (unpaired) electrons. The lowest BCUT2D eigenvalue weighted by molar-refractivity contribution is 0.0693. The second-order valence-electron chi connectivity index (χ2n) is 5.72. The van der Waals surface area contributed by atoms with Crippen molar-refractivity contribution < 1.29 is 9.32 Å². The van der Waals surface area contributed by atoms with Crippen molar-refractivity contribution in [2.24, 2.45) is 5.92 Å². The molecule has 1 aromatic heterocycles. The van der Waals surface area contributed by atoms with E-state index in [-0.39, 0.29) is 5.91 Å². The molecule has 0 spiro atoms. The molecule has 1 atom stereocenters. The average molecular weight is 263 g/mol. The fraction of sp³-hybridized carbons (Fsp3) is 0.714. The quantitative estimate of drug-likeness (QED) is 0.896. The van der Waals surface area contributed by atoms with E-state index < -0.39 is 0 Å². The number of piperidine rings is 1. The van der Waals surface area contributed by atoms with Gasteiger partial charge in [0.15, 0.2) is 5.69 Å². The summed E-state index contributed by atoms with van der Waals surface area (Å²) in [5, 5.41) is 7.27. The Labute approximate surface area is 113 Å². The van der Waals surface area contributed by atoms with Gasteiger partial charge in [0.1, 0.15) is 5.76 Å². The van der Waals surface area contributed by atoms with Crippen LogP contribution in [0.5, 0.6) is 0 Å². The summed E-state index contributed by atoms with van der Waals surface area (Å²) in [5.41, 5.74) is 0.452. The minimum atomic E-state index is 0.0323. The smallest absolute Gasteiger partial charge is 0.276 e. The van der Waals surface area contributed by atoms with E-state index in [1.54, 1.807) is 6.07 Å². The summed E-state index contributed by atoms with van der Waals surface area (Å²) in [7, 11) is 0. The zero-order valence-electron chi connectivity index (χ0n) is 11.4. The van der Waals surface area contributed by atoms with Crippen LogP contribution in [0.25, 0.3) is 0 Å². The van der Waals surface area contributed by atoms with E-state index in [1.807, 2.05) is 11.8 Å². The Hall–Kier alpha value is -1.36. The van der Waals surface area contributed by atoms with Crippen LogP contribution in [0.2, 0.25) is 0 Å². The highest BCUT2D eigenvalue weighted by Gasteiger charge is 2.35. The molecule has 1 aromatic rings. The summed E-state index contributed by atoms with van der Waals surface area (Å²) >= 11 is 0. The summed E-state index contributed by atoms with van der Waals surface area (Å²) in [6.07, 6.45) is 4.67. The first-order valence-corrected chi connectivity index (χ1v) is 7.19. The molecule has 3 rings (SSSR count). The number of carbonyl (C=O) groups is 1. The van der Waals surface area contributed by atoms with Crippen molar-refractivity contribution in [1.82, 2.24) is 15.4 Å². The lowest BCUT2D eigenvalue weighted by Crippen LogP contribution is -2.42. The van der Waals surface area contributed by atoms with Crippen molar-refractivity contribution in [3.05, 3.63) is 17.5 Å². The van der Waals surface area contributed by atoms with Crippen molar-refractivity contribution in [1.29, 1.82) is 0 Å². The van der Waals surface area contributed by atoms with Gasteiger partial charge in [-0.05, 0) is 51.6 Å². The van der Waals surface area contributed by atoms with E-state index in [9.17, 15) is 4.79 Å². The maximum absolute atomic E-state index is 12.5. The van der Waals surface area contributed by atoms with Gasteiger partial charge in [-0.1, -0.05) is 5.16 Å². The highest BCUT2D eigenvalue weighted by atomic mass is 16.5. The fourth-order valence-corrected chi connectivity index (χ4v) is 2.76. The molecule has 1 unspecified atom stereocenters. The molecule has 0 bridgehead atoms. The second-order valence-corrected chi connectivity index (χ2v) is 5.72. The Morgan fingerprint density at radius 3 is 2.95 bits per heavy atom. The minimum Gasteiger partial charge on any atom is -0.361 e. The minimum absolute atomic E-state index is 0.0323. The van der Waals surface area contributed by atoms with E-state index in [0.717, 1.165) is 32.5 Å². The van der Waals surface area contributed by atoms with Crippen LogP contribution in [0.4, 0.5) is 0 Å². The SMILES string of the molecule is Cc1cc(C(=O)N(CC2CCCNC2)C2CC2)no1. The van der Waals surface area contributed by atoms with Gasteiger partial charge in [-0.2, -0.15) is 0 Å². The van der Waals surface area contributed by atoms with Crippen LogP contribution in [-0.2, 0) is 0 Å². The summed E-state index contributed by atoms with van der Waals surface area (Å²) in [6, 6.07) is 2.16. The first kappa shape index (κ1) is 12.7. The highest BCUT2D eigenvalue weighted by molar-refractivity contribution is 5.92. The normalized spacial score (nSPS) is 23.3. The van der Waals surface area contributed by atoms with Gasteiger partial charge in [0.2, 0.25) is 0 Å². The predicted octanol–water partition coefficient (Wildman–Crippen LogP) is 1.59. The Kier molecular flexibility index (Phi) is 3.55. The Morgan fingerprint density at radius 1 is 1.53 bits per heavy atom. The lowest BCUT2D eigenvalue weighted by Gasteiger charge is -2.29. The Balaban J connectivity index is 1.68. The summed E-state index contributed by atoms with van der Waals surface area (Å²) in [6.45, 7) is 4.80. The molecule has 5 heteroatoms. The van der Waals surface area contributed by atoms with Crippen LogP contribution in [0.3, 0.4) is 0 Å². The van der Waals surface area contributed by atoms with Gasteiger partial charge in [-0.3, -0.25) is 4.79 Å². The van der Waals surface area contributed by atoms with Crippen LogP contribution in [0.15, 0.2) is 10.6 Å². The molecule has 1 aliphatic carbocycles. The van der Waals surface area contributed by atoms with Gasteiger partial charge < -0.3 is 14.7 Å². The molecule has 1 saturated carbocycles. The maximum atomic E-state index is 12.5. The Morgan fingerprint density at radius 2 is 2.37 bits per heavy atom. The number of nitrogens with zero attached hydrogens (tertiary/aromatic N) is 2. The van der Waals surface area contributed by atoms with Crippen molar-refractivity contribution >= 4 is 5.91 Å². The number of rotatable bonds is 4. The number of hydrogen-bond donors (Lipinski definition) is 1. The van der Waals surface area contributed by atoms with E-state index in [2.05, 4.69) is 10.5 Å². The van der Waals surface area contributed by atoms with Crippen LogP contribution >= 0.6 is 0 Å². The monoisotopic (exact) mass is 263 g/mol. The largest absolute Gasteiger partial charge is 0.361 e. The molecule has 2 fully saturated rings. The van der Waals surface area contributed by atoms with E-state index in [1.165, 1.54) is 12.8 Å². The third kappa shape index (κ3) is 2.97. The topological polar surface area (TPSA) is 58.4 Å². The fourth-order valence-electron chi connectivity index (χ4n) is 2.76. The van der Waals surface area contributed by atoms with Crippen LogP contribution in [-0.4, -0.2) is 41.6 Å².